The van der Waals surface area contributed by atoms with Crippen molar-refractivity contribution in [1.29, 1.82) is 0 Å². The molecule has 3 amide bonds. The summed E-state index contributed by atoms with van der Waals surface area (Å²) in [5, 5.41) is 2.33. The number of benzene rings is 1. The van der Waals surface area contributed by atoms with Crippen LogP contribution in [0, 0.1) is 0 Å². The molecule has 0 saturated carbocycles. The second-order valence-electron chi connectivity index (χ2n) is 5.42. The summed E-state index contributed by atoms with van der Waals surface area (Å²) in [6, 6.07) is 7.01. The predicted molar refractivity (Wildman–Crippen MR) is 86.9 cm³/mol. The highest BCUT2D eigenvalue weighted by Gasteiger charge is 2.33. The van der Waals surface area contributed by atoms with Crippen LogP contribution in [-0.4, -0.2) is 62.7 Å². The van der Waals surface area contributed by atoms with Crippen LogP contribution in [0.15, 0.2) is 24.3 Å². The average molecular weight is 335 g/mol. The van der Waals surface area contributed by atoms with Crippen LogP contribution in [0.5, 0.6) is 5.75 Å². The van der Waals surface area contributed by atoms with Crippen LogP contribution in [0.4, 0.5) is 10.5 Å². The van der Waals surface area contributed by atoms with E-state index in [1.807, 2.05) is 6.92 Å². The highest BCUT2D eigenvalue weighted by molar-refractivity contribution is 5.98. The Morgan fingerprint density at radius 3 is 2.50 bits per heavy atom. The van der Waals surface area contributed by atoms with Gasteiger partial charge < -0.3 is 24.6 Å². The van der Waals surface area contributed by atoms with Crippen molar-refractivity contribution in [2.75, 3.05) is 38.8 Å². The molecule has 1 aliphatic heterocycles. The minimum Gasteiger partial charge on any atom is -0.497 e. The summed E-state index contributed by atoms with van der Waals surface area (Å²) >= 11 is 0. The van der Waals surface area contributed by atoms with E-state index >= 15 is 0 Å². The Balaban J connectivity index is 2.01. The molecule has 24 heavy (non-hydrogen) atoms. The lowest BCUT2D eigenvalue weighted by Crippen LogP contribution is -2.58. The smallest absolute Gasteiger partial charge is 0.407 e. The summed E-state index contributed by atoms with van der Waals surface area (Å²) in [4.78, 5) is 38.7. The summed E-state index contributed by atoms with van der Waals surface area (Å²) < 4.78 is 9.53. The molecule has 8 heteroatoms. The monoisotopic (exact) mass is 335 g/mol. The first-order valence-corrected chi connectivity index (χ1v) is 7.52. The molecule has 1 N–H and O–H groups in total. The zero-order valence-electron chi connectivity index (χ0n) is 13.9. The number of methoxy groups -OCH3 is 2. The van der Waals surface area contributed by atoms with Crippen LogP contribution < -0.4 is 15.0 Å². The minimum atomic E-state index is -0.681. The van der Waals surface area contributed by atoms with Gasteiger partial charge in [0.1, 0.15) is 18.8 Å². The number of ether oxygens (including phenoxy) is 2. The number of anilines is 1. The maximum atomic E-state index is 12.4. The maximum Gasteiger partial charge on any atom is 0.407 e. The third kappa shape index (κ3) is 3.95. The van der Waals surface area contributed by atoms with Gasteiger partial charge in [-0.3, -0.25) is 9.59 Å². The molecular formula is C16H21N3O5. The first-order valence-electron chi connectivity index (χ1n) is 7.52. The van der Waals surface area contributed by atoms with Crippen molar-refractivity contribution in [2.24, 2.45) is 0 Å². The van der Waals surface area contributed by atoms with Gasteiger partial charge in [0.25, 0.3) is 0 Å². The summed E-state index contributed by atoms with van der Waals surface area (Å²) in [6.45, 7) is 2.01. The molecule has 0 spiro atoms. The SMILES string of the molecule is COC(=O)NCC(=O)N1CC(=O)N(c2ccc(OC)cc2)C[C@H]1C. The normalized spacial score (nSPS) is 17.5. The Bertz CT molecular complexity index is 617. The maximum absolute atomic E-state index is 12.4. The first-order chi connectivity index (χ1) is 11.5. The van der Waals surface area contributed by atoms with E-state index < -0.39 is 6.09 Å². The van der Waals surface area contributed by atoms with Gasteiger partial charge in [-0.15, -0.1) is 0 Å². The molecule has 1 aliphatic rings. The van der Waals surface area contributed by atoms with Crippen molar-refractivity contribution in [3.8, 4) is 5.75 Å². The number of nitrogens with zero attached hydrogens (tertiary/aromatic N) is 2. The molecule has 130 valence electrons. The fourth-order valence-corrected chi connectivity index (χ4v) is 2.52. The number of carbonyl (C=O) groups excluding carboxylic acids is 3. The Morgan fingerprint density at radius 2 is 1.92 bits per heavy atom. The lowest BCUT2D eigenvalue weighted by Gasteiger charge is -2.39. The Hall–Kier alpha value is -2.77. The molecule has 1 aromatic carbocycles. The van der Waals surface area contributed by atoms with Gasteiger partial charge in [-0.1, -0.05) is 0 Å². The topological polar surface area (TPSA) is 88.2 Å². The number of nitrogens with one attached hydrogen (secondary N) is 1. The third-order valence-electron chi connectivity index (χ3n) is 3.86. The van der Waals surface area contributed by atoms with Crippen LogP contribution >= 0.6 is 0 Å². The predicted octanol–water partition coefficient (Wildman–Crippen LogP) is 0.615. The molecular weight excluding hydrogens is 314 g/mol. The van der Waals surface area contributed by atoms with Gasteiger partial charge in [-0.05, 0) is 31.2 Å². The first kappa shape index (κ1) is 17.6. The number of carbonyl (C=O) groups is 3. The molecule has 1 aromatic rings. The van der Waals surface area contributed by atoms with Crippen LogP contribution in [0.2, 0.25) is 0 Å². The van der Waals surface area contributed by atoms with Gasteiger partial charge in [0, 0.05) is 18.3 Å². The lowest BCUT2D eigenvalue weighted by atomic mass is 10.1. The minimum absolute atomic E-state index is 0.0329. The summed E-state index contributed by atoms with van der Waals surface area (Å²) in [7, 11) is 2.80. The third-order valence-corrected chi connectivity index (χ3v) is 3.86. The lowest BCUT2D eigenvalue weighted by molar-refractivity contribution is -0.138. The van der Waals surface area contributed by atoms with Crippen LogP contribution in [-0.2, 0) is 14.3 Å². The van der Waals surface area contributed by atoms with Gasteiger partial charge >= 0.3 is 6.09 Å². The summed E-state index contributed by atoms with van der Waals surface area (Å²) in [6.07, 6.45) is -0.681. The van der Waals surface area contributed by atoms with E-state index in [0.29, 0.717) is 12.3 Å². The van der Waals surface area contributed by atoms with Crippen molar-refractivity contribution in [1.82, 2.24) is 10.2 Å². The van der Waals surface area contributed by atoms with Crippen molar-refractivity contribution < 1.29 is 23.9 Å². The zero-order chi connectivity index (χ0) is 17.7. The largest absolute Gasteiger partial charge is 0.497 e. The molecule has 1 saturated heterocycles. The number of amides is 3. The van der Waals surface area contributed by atoms with Gasteiger partial charge in [0.15, 0.2) is 0 Å². The van der Waals surface area contributed by atoms with Crippen molar-refractivity contribution in [3.05, 3.63) is 24.3 Å². The van der Waals surface area contributed by atoms with Gasteiger partial charge in [0.05, 0.1) is 14.2 Å². The van der Waals surface area contributed by atoms with Crippen LogP contribution in [0.3, 0.4) is 0 Å². The number of piperazine rings is 1. The summed E-state index contributed by atoms with van der Waals surface area (Å²) in [5.41, 5.74) is 0.757. The molecule has 0 radical (unpaired) electrons. The fourth-order valence-electron chi connectivity index (χ4n) is 2.52. The quantitative estimate of drug-likeness (QED) is 0.871. The highest BCUT2D eigenvalue weighted by Crippen LogP contribution is 2.23. The average Bonchev–Trinajstić information content (AvgIpc) is 2.61. The molecule has 0 aromatic heterocycles. The molecule has 0 bridgehead atoms. The molecule has 1 fully saturated rings. The number of hydrogen-bond acceptors (Lipinski definition) is 5. The number of hydrogen-bond donors (Lipinski definition) is 1. The Morgan fingerprint density at radius 1 is 1.25 bits per heavy atom. The second kappa shape index (κ2) is 7.67. The van der Waals surface area contributed by atoms with E-state index in [2.05, 4.69) is 10.1 Å². The Kier molecular flexibility index (Phi) is 5.62. The molecule has 0 aliphatic carbocycles. The van der Waals surface area contributed by atoms with Gasteiger partial charge in [-0.25, -0.2) is 4.79 Å². The van der Waals surface area contributed by atoms with Crippen molar-refractivity contribution >= 4 is 23.6 Å². The molecule has 1 atom stereocenters. The number of alkyl carbamates (subject to hydrolysis) is 1. The molecule has 0 unspecified atom stereocenters. The van der Waals surface area contributed by atoms with Crippen molar-refractivity contribution in [3.63, 3.8) is 0 Å². The van der Waals surface area contributed by atoms with Gasteiger partial charge in [0.2, 0.25) is 11.8 Å². The van der Waals surface area contributed by atoms with Crippen LogP contribution in [0.25, 0.3) is 0 Å². The van der Waals surface area contributed by atoms with E-state index in [9.17, 15) is 14.4 Å². The highest BCUT2D eigenvalue weighted by atomic mass is 16.5. The Labute approximate surface area is 140 Å². The number of rotatable bonds is 4. The van der Waals surface area contributed by atoms with E-state index in [4.69, 9.17) is 4.74 Å². The van der Waals surface area contributed by atoms with Crippen LogP contribution in [0.1, 0.15) is 6.92 Å². The van der Waals surface area contributed by atoms with E-state index in [-0.39, 0.29) is 30.9 Å². The van der Waals surface area contributed by atoms with E-state index in [1.54, 1.807) is 36.3 Å². The summed E-state index contributed by atoms with van der Waals surface area (Å²) in [5.74, 6) is 0.210. The second-order valence-corrected chi connectivity index (χ2v) is 5.42. The zero-order valence-corrected chi connectivity index (χ0v) is 13.9. The fraction of sp³-hybridized carbons (Fsp3) is 0.438. The van der Waals surface area contributed by atoms with E-state index in [0.717, 1.165) is 5.69 Å². The molecule has 8 nitrogen and oxygen atoms in total. The molecule has 2 rings (SSSR count). The van der Waals surface area contributed by atoms with Crippen molar-refractivity contribution in [2.45, 2.75) is 13.0 Å². The van der Waals surface area contributed by atoms with Gasteiger partial charge in [-0.2, -0.15) is 0 Å². The standard InChI is InChI=1S/C16H21N3O5/c1-11-9-19(12-4-6-13(23-2)7-5-12)15(21)10-18(11)14(20)8-17-16(22)24-3/h4-7,11H,8-10H2,1-3H3,(H,17,22)/t11-/m1/s1. The molecule has 1 heterocycles. The van der Waals surface area contributed by atoms with E-state index in [1.165, 1.54) is 12.0 Å².